The first-order valence-corrected chi connectivity index (χ1v) is 7.96. The van der Waals surface area contributed by atoms with Gasteiger partial charge < -0.3 is 14.4 Å². The maximum atomic E-state index is 12.4. The molecule has 0 spiro atoms. The van der Waals surface area contributed by atoms with E-state index in [4.69, 9.17) is 9.47 Å². The molecular weight excluding hydrogens is 374 g/mol. The number of fused-ring (bicyclic) bond motifs is 1. The molecule has 1 aliphatic rings. The summed E-state index contributed by atoms with van der Waals surface area (Å²) >= 11 is 3.39. The van der Waals surface area contributed by atoms with Crippen molar-refractivity contribution in [3.8, 4) is 11.5 Å². The molecule has 6 heteroatoms. The van der Waals surface area contributed by atoms with Crippen LogP contribution in [0.1, 0.15) is 15.9 Å². The molecule has 1 amide bonds. The lowest BCUT2D eigenvalue weighted by Gasteiger charge is -2.10. The van der Waals surface area contributed by atoms with E-state index < -0.39 is 6.09 Å². The van der Waals surface area contributed by atoms with Crippen LogP contribution < -0.4 is 9.47 Å². The van der Waals surface area contributed by atoms with Crippen molar-refractivity contribution in [2.75, 3.05) is 14.1 Å². The largest absolute Gasteiger partial charge is 0.452 e. The second-order valence-corrected chi connectivity index (χ2v) is 6.33. The average molecular weight is 388 g/mol. The molecule has 2 aromatic carbocycles. The number of hydrogen-bond donors (Lipinski definition) is 0. The molecule has 0 unspecified atom stereocenters. The van der Waals surface area contributed by atoms with Crippen molar-refractivity contribution in [2.24, 2.45) is 0 Å². The minimum Gasteiger partial charge on any atom is -0.452 e. The van der Waals surface area contributed by atoms with Gasteiger partial charge in [0.1, 0.15) is 11.5 Å². The molecular formula is C18H14BrNO4. The van der Waals surface area contributed by atoms with Gasteiger partial charge in [0.25, 0.3) is 0 Å². The van der Waals surface area contributed by atoms with Crippen molar-refractivity contribution in [2.45, 2.75) is 0 Å². The number of amides is 1. The van der Waals surface area contributed by atoms with E-state index in [1.54, 1.807) is 32.3 Å². The van der Waals surface area contributed by atoms with E-state index in [9.17, 15) is 9.59 Å². The number of allylic oxidation sites excluding steroid dienone is 1. The minimum atomic E-state index is -0.496. The van der Waals surface area contributed by atoms with E-state index in [1.165, 1.54) is 11.0 Å². The highest BCUT2D eigenvalue weighted by atomic mass is 79.9. The second kappa shape index (κ2) is 6.49. The summed E-state index contributed by atoms with van der Waals surface area (Å²) in [5.41, 5.74) is 1.29. The second-order valence-electron chi connectivity index (χ2n) is 5.42. The van der Waals surface area contributed by atoms with E-state index in [0.717, 1.165) is 10.0 Å². The van der Waals surface area contributed by atoms with Gasteiger partial charge in [-0.2, -0.15) is 0 Å². The highest BCUT2D eigenvalue weighted by Gasteiger charge is 2.28. The molecule has 0 saturated carbocycles. The van der Waals surface area contributed by atoms with Crippen LogP contribution in [0.3, 0.4) is 0 Å². The fraction of sp³-hybridized carbons (Fsp3) is 0.111. The molecule has 0 bridgehead atoms. The lowest BCUT2D eigenvalue weighted by Crippen LogP contribution is -2.25. The number of ether oxygens (including phenoxy) is 2. The highest BCUT2D eigenvalue weighted by Crippen LogP contribution is 2.35. The van der Waals surface area contributed by atoms with Crippen LogP contribution in [-0.4, -0.2) is 30.9 Å². The zero-order valence-electron chi connectivity index (χ0n) is 13.1. The number of Topliss-reactive ketones (excluding diaryl/α,β-unsaturated/α-hetero) is 1. The quantitative estimate of drug-likeness (QED) is 0.727. The van der Waals surface area contributed by atoms with Crippen molar-refractivity contribution in [1.82, 2.24) is 4.90 Å². The number of carbonyl (C=O) groups excluding carboxylic acids is 2. The average Bonchev–Trinajstić information content (AvgIpc) is 2.83. The van der Waals surface area contributed by atoms with Gasteiger partial charge in [0.05, 0.1) is 5.56 Å². The lowest BCUT2D eigenvalue weighted by atomic mass is 10.1. The number of nitrogens with zero attached hydrogens (tertiary/aromatic N) is 1. The summed E-state index contributed by atoms with van der Waals surface area (Å²) in [6, 6.07) is 12.2. The minimum absolute atomic E-state index is 0.199. The van der Waals surface area contributed by atoms with Crippen molar-refractivity contribution < 1.29 is 19.1 Å². The van der Waals surface area contributed by atoms with Crippen LogP contribution in [0.25, 0.3) is 6.08 Å². The summed E-state index contributed by atoms with van der Waals surface area (Å²) < 4.78 is 11.7. The lowest BCUT2D eigenvalue weighted by molar-refractivity contribution is 0.101. The van der Waals surface area contributed by atoms with E-state index in [0.29, 0.717) is 17.1 Å². The maximum absolute atomic E-state index is 12.4. The third-order valence-electron chi connectivity index (χ3n) is 3.36. The summed E-state index contributed by atoms with van der Waals surface area (Å²) in [6.07, 6.45) is 1.18. The maximum Gasteiger partial charge on any atom is 0.414 e. The Kier molecular flexibility index (Phi) is 4.40. The molecule has 5 nitrogen and oxygen atoms in total. The van der Waals surface area contributed by atoms with Gasteiger partial charge in [0.2, 0.25) is 5.78 Å². The Hall–Kier alpha value is -2.60. The Morgan fingerprint density at radius 3 is 2.71 bits per heavy atom. The first-order valence-electron chi connectivity index (χ1n) is 7.17. The number of halogens is 1. The molecule has 2 aromatic rings. The van der Waals surface area contributed by atoms with Gasteiger partial charge in [-0.15, -0.1) is 0 Å². The Labute approximate surface area is 147 Å². The van der Waals surface area contributed by atoms with Crippen LogP contribution in [0.2, 0.25) is 0 Å². The zero-order valence-corrected chi connectivity index (χ0v) is 14.7. The third kappa shape index (κ3) is 3.33. The van der Waals surface area contributed by atoms with E-state index in [-0.39, 0.29) is 11.5 Å². The zero-order chi connectivity index (χ0) is 17.3. The molecule has 0 fully saturated rings. The molecule has 3 rings (SSSR count). The van der Waals surface area contributed by atoms with Gasteiger partial charge >= 0.3 is 6.09 Å². The molecule has 0 aromatic heterocycles. The monoisotopic (exact) mass is 387 g/mol. The van der Waals surface area contributed by atoms with Crippen LogP contribution >= 0.6 is 15.9 Å². The van der Waals surface area contributed by atoms with Gasteiger partial charge in [-0.1, -0.05) is 28.1 Å². The number of carbonyl (C=O) groups is 2. The molecule has 0 saturated heterocycles. The van der Waals surface area contributed by atoms with Gasteiger partial charge in [-0.3, -0.25) is 4.79 Å². The third-order valence-corrected chi connectivity index (χ3v) is 3.85. The van der Waals surface area contributed by atoms with Crippen molar-refractivity contribution in [3.63, 3.8) is 0 Å². The van der Waals surface area contributed by atoms with Gasteiger partial charge in [-0.05, 0) is 35.9 Å². The summed E-state index contributed by atoms with van der Waals surface area (Å²) in [5, 5.41) is 0. The Bertz CT molecular complexity index is 858. The Morgan fingerprint density at radius 2 is 2.00 bits per heavy atom. The predicted molar refractivity (Wildman–Crippen MR) is 93.2 cm³/mol. The van der Waals surface area contributed by atoms with Gasteiger partial charge in [0.15, 0.2) is 5.76 Å². The fourth-order valence-electron chi connectivity index (χ4n) is 2.17. The van der Waals surface area contributed by atoms with Crippen molar-refractivity contribution in [1.29, 1.82) is 0 Å². The van der Waals surface area contributed by atoms with Crippen LogP contribution in [0.15, 0.2) is 52.7 Å². The van der Waals surface area contributed by atoms with Gasteiger partial charge in [0, 0.05) is 24.6 Å². The molecule has 0 aliphatic carbocycles. The van der Waals surface area contributed by atoms with Crippen molar-refractivity contribution in [3.05, 3.63) is 63.8 Å². The molecule has 1 heterocycles. The standard InChI is InChI=1S/C18H14BrNO4/c1-20(2)18(22)23-13-6-7-14-15(10-13)24-16(17(14)21)9-11-4-3-5-12(19)8-11/h3-10H,1-2H3. The van der Waals surface area contributed by atoms with Crippen LogP contribution in [-0.2, 0) is 0 Å². The molecule has 0 N–H and O–H groups in total. The van der Waals surface area contributed by atoms with Gasteiger partial charge in [-0.25, -0.2) is 4.79 Å². The topological polar surface area (TPSA) is 55.8 Å². The van der Waals surface area contributed by atoms with E-state index in [2.05, 4.69) is 15.9 Å². The molecule has 122 valence electrons. The molecule has 0 atom stereocenters. The molecule has 24 heavy (non-hydrogen) atoms. The number of ketones is 1. The van der Waals surface area contributed by atoms with Crippen LogP contribution in [0.5, 0.6) is 11.5 Å². The fourth-order valence-corrected chi connectivity index (χ4v) is 2.59. The first-order chi connectivity index (χ1) is 11.4. The Balaban J connectivity index is 1.86. The smallest absolute Gasteiger partial charge is 0.414 e. The Morgan fingerprint density at radius 1 is 1.21 bits per heavy atom. The molecule has 0 radical (unpaired) electrons. The van der Waals surface area contributed by atoms with E-state index >= 15 is 0 Å². The SMILES string of the molecule is CN(C)C(=O)Oc1ccc2c(c1)OC(=Cc1cccc(Br)c1)C2=O. The summed E-state index contributed by atoms with van der Waals surface area (Å²) in [5.74, 6) is 0.740. The highest BCUT2D eigenvalue weighted by molar-refractivity contribution is 9.10. The molecule has 1 aliphatic heterocycles. The number of hydrogen-bond acceptors (Lipinski definition) is 4. The number of rotatable bonds is 2. The van der Waals surface area contributed by atoms with Crippen LogP contribution in [0, 0.1) is 0 Å². The summed E-state index contributed by atoms with van der Waals surface area (Å²) in [6.45, 7) is 0. The summed E-state index contributed by atoms with van der Waals surface area (Å²) in [4.78, 5) is 25.3. The van der Waals surface area contributed by atoms with E-state index in [1.807, 2.05) is 24.3 Å². The predicted octanol–water partition coefficient (Wildman–Crippen LogP) is 4.13. The normalized spacial score (nSPS) is 14.3. The first kappa shape index (κ1) is 16.3. The summed E-state index contributed by atoms with van der Waals surface area (Å²) in [7, 11) is 3.18. The van der Waals surface area contributed by atoms with Crippen LogP contribution in [0.4, 0.5) is 4.79 Å². The number of benzene rings is 2. The van der Waals surface area contributed by atoms with Crippen molar-refractivity contribution >= 4 is 33.9 Å².